The van der Waals surface area contributed by atoms with Crippen LogP contribution in [0.4, 0.5) is 4.79 Å². The Hall–Kier alpha value is -2.88. The zero-order valence-corrected chi connectivity index (χ0v) is 17.6. The summed E-state index contributed by atoms with van der Waals surface area (Å²) in [7, 11) is 2.41. The summed E-state index contributed by atoms with van der Waals surface area (Å²) in [6.45, 7) is 0.411. The van der Waals surface area contributed by atoms with Crippen LogP contribution in [-0.4, -0.2) is 59.6 Å². The van der Waals surface area contributed by atoms with Crippen LogP contribution in [-0.2, 0) is 25.5 Å². The van der Waals surface area contributed by atoms with Gasteiger partial charge in [-0.1, -0.05) is 28.1 Å². The predicted molar refractivity (Wildman–Crippen MR) is 106 cm³/mol. The lowest BCUT2D eigenvalue weighted by Crippen LogP contribution is -2.52. The second kappa shape index (κ2) is 9.08. The number of nitrogens with zero attached hydrogens (tertiary/aromatic N) is 2. The monoisotopic (exact) mass is 464 g/mol. The summed E-state index contributed by atoms with van der Waals surface area (Å²) < 4.78 is 10.2. The first-order valence-corrected chi connectivity index (χ1v) is 9.73. The standard InChI is InChI=1S/C19H21BrN4O5/c1-28-15(25)9-14(18(26)29-2)23-19(27)24-8-7-13-16(22-10-21-13)17(24)11-3-5-12(20)6-4-11/h3-6,10,14,17H,7-9H2,1-2H3,(H,21,22)(H,23,27)/t14-,17-/m1/s1. The molecule has 2 amide bonds. The van der Waals surface area contributed by atoms with Gasteiger partial charge in [0.15, 0.2) is 0 Å². The molecule has 0 radical (unpaired) electrons. The summed E-state index contributed by atoms with van der Waals surface area (Å²) in [6.07, 6.45) is 1.88. The normalized spacial score (nSPS) is 16.5. The second-order valence-corrected chi connectivity index (χ2v) is 7.38. The van der Waals surface area contributed by atoms with Gasteiger partial charge in [0.2, 0.25) is 0 Å². The van der Waals surface area contributed by atoms with Gasteiger partial charge in [-0.15, -0.1) is 0 Å². The number of esters is 2. The lowest BCUT2D eigenvalue weighted by atomic mass is 9.96. The number of carbonyl (C=O) groups excluding carboxylic acids is 3. The first kappa shape index (κ1) is 20.8. The van der Waals surface area contributed by atoms with Crippen molar-refractivity contribution in [3.63, 3.8) is 0 Å². The Balaban J connectivity index is 1.88. The Labute approximate surface area is 175 Å². The smallest absolute Gasteiger partial charge is 0.329 e. The summed E-state index contributed by atoms with van der Waals surface area (Å²) in [5.41, 5.74) is 2.58. The van der Waals surface area contributed by atoms with E-state index in [-0.39, 0.29) is 6.42 Å². The number of rotatable bonds is 5. The van der Waals surface area contributed by atoms with Crippen molar-refractivity contribution in [1.29, 1.82) is 0 Å². The molecule has 1 aromatic heterocycles. The average Bonchev–Trinajstić information content (AvgIpc) is 3.21. The Morgan fingerprint density at radius 2 is 2.00 bits per heavy atom. The zero-order chi connectivity index (χ0) is 21.0. The van der Waals surface area contributed by atoms with Crippen molar-refractivity contribution in [1.82, 2.24) is 20.2 Å². The average molecular weight is 465 g/mol. The van der Waals surface area contributed by atoms with Crippen LogP contribution in [0, 0.1) is 0 Å². The number of aromatic amines is 1. The predicted octanol–water partition coefficient (Wildman–Crippen LogP) is 1.93. The third-order valence-corrected chi connectivity index (χ3v) is 5.28. The molecule has 0 fully saturated rings. The minimum atomic E-state index is -1.15. The molecule has 0 unspecified atom stereocenters. The van der Waals surface area contributed by atoms with E-state index in [0.29, 0.717) is 13.0 Å². The number of urea groups is 1. The van der Waals surface area contributed by atoms with Crippen LogP contribution in [0.2, 0.25) is 0 Å². The first-order chi connectivity index (χ1) is 13.9. The van der Waals surface area contributed by atoms with E-state index in [1.165, 1.54) is 14.2 Å². The molecule has 154 valence electrons. The van der Waals surface area contributed by atoms with Crippen molar-refractivity contribution >= 4 is 33.9 Å². The van der Waals surface area contributed by atoms with Crippen LogP contribution < -0.4 is 5.32 Å². The maximum absolute atomic E-state index is 13.1. The minimum absolute atomic E-state index is 0.320. The fourth-order valence-electron chi connectivity index (χ4n) is 3.30. The van der Waals surface area contributed by atoms with Crippen molar-refractivity contribution in [2.45, 2.75) is 24.9 Å². The zero-order valence-electron chi connectivity index (χ0n) is 16.0. The molecule has 2 aromatic rings. The molecule has 1 aliphatic rings. The van der Waals surface area contributed by atoms with Gasteiger partial charge in [-0.25, -0.2) is 14.6 Å². The largest absolute Gasteiger partial charge is 0.469 e. The quantitative estimate of drug-likeness (QED) is 0.653. The summed E-state index contributed by atoms with van der Waals surface area (Å²) in [4.78, 5) is 45.9. The van der Waals surface area contributed by atoms with Gasteiger partial charge in [-0.05, 0) is 17.7 Å². The molecule has 10 heteroatoms. The van der Waals surface area contributed by atoms with Crippen molar-refractivity contribution in [3.05, 3.63) is 52.0 Å². The van der Waals surface area contributed by atoms with Crippen molar-refractivity contribution in [2.75, 3.05) is 20.8 Å². The molecule has 1 aromatic carbocycles. The third kappa shape index (κ3) is 4.58. The van der Waals surface area contributed by atoms with Gasteiger partial charge in [-0.3, -0.25) is 4.79 Å². The molecule has 0 bridgehead atoms. The number of hydrogen-bond donors (Lipinski definition) is 2. The maximum Gasteiger partial charge on any atom is 0.329 e. The highest BCUT2D eigenvalue weighted by Crippen LogP contribution is 2.33. The number of carbonyl (C=O) groups is 3. The number of fused-ring (bicyclic) bond motifs is 1. The molecule has 29 heavy (non-hydrogen) atoms. The van der Waals surface area contributed by atoms with Gasteiger partial charge in [0, 0.05) is 23.1 Å². The van der Waals surface area contributed by atoms with E-state index in [1.54, 1.807) is 11.2 Å². The van der Waals surface area contributed by atoms with E-state index in [9.17, 15) is 14.4 Å². The topological polar surface area (TPSA) is 114 Å². The first-order valence-electron chi connectivity index (χ1n) is 8.94. The number of hydrogen-bond acceptors (Lipinski definition) is 6. The molecule has 1 aliphatic heterocycles. The third-order valence-electron chi connectivity index (χ3n) is 4.75. The van der Waals surface area contributed by atoms with Gasteiger partial charge < -0.3 is 24.7 Å². The molecular weight excluding hydrogens is 444 g/mol. The summed E-state index contributed by atoms with van der Waals surface area (Å²) >= 11 is 3.41. The Morgan fingerprint density at radius 1 is 1.28 bits per heavy atom. The Morgan fingerprint density at radius 3 is 2.66 bits per heavy atom. The van der Waals surface area contributed by atoms with E-state index in [0.717, 1.165) is 21.4 Å². The van der Waals surface area contributed by atoms with Gasteiger partial charge >= 0.3 is 18.0 Å². The van der Waals surface area contributed by atoms with Crippen molar-refractivity contribution in [3.8, 4) is 0 Å². The summed E-state index contributed by atoms with van der Waals surface area (Å²) in [5, 5.41) is 2.60. The highest BCUT2D eigenvalue weighted by atomic mass is 79.9. The molecule has 2 heterocycles. The van der Waals surface area contributed by atoms with Crippen LogP contribution >= 0.6 is 15.9 Å². The molecule has 2 N–H and O–H groups in total. The fourth-order valence-corrected chi connectivity index (χ4v) is 3.56. The fraction of sp³-hybridized carbons (Fsp3) is 0.368. The molecule has 9 nitrogen and oxygen atoms in total. The number of amides is 2. The number of ether oxygens (including phenoxy) is 2. The Kier molecular flexibility index (Phi) is 6.53. The molecule has 2 atom stereocenters. The van der Waals surface area contributed by atoms with Gasteiger partial charge in [0.25, 0.3) is 0 Å². The molecule has 0 aliphatic carbocycles. The van der Waals surface area contributed by atoms with Gasteiger partial charge in [0.1, 0.15) is 12.1 Å². The van der Waals surface area contributed by atoms with Crippen LogP contribution in [0.5, 0.6) is 0 Å². The second-order valence-electron chi connectivity index (χ2n) is 6.47. The van der Waals surface area contributed by atoms with Crippen LogP contribution in [0.15, 0.2) is 35.1 Å². The highest BCUT2D eigenvalue weighted by Gasteiger charge is 2.36. The number of methoxy groups -OCH3 is 2. The summed E-state index contributed by atoms with van der Waals surface area (Å²) in [5.74, 6) is -1.35. The van der Waals surface area contributed by atoms with Crippen LogP contribution in [0.3, 0.4) is 0 Å². The van der Waals surface area contributed by atoms with Crippen LogP contribution in [0.25, 0.3) is 0 Å². The number of imidazole rings is 1. The number of aromatic nitrogens is 2. The number of H-pyrrole nitrogens is 1. The maximum atomic E-state index is 13.1. The Bertz CT molecular complexity index is 898. The van der Waals surface area contributed by atoms with Gasteiger partial charge in [-0.2, -0.15) is 0 Å². The molecule has 0 saturated carbocycles. The van der Waals surface area contributed by atoms with E-state index in [1.807, 2.05) is 24.3 Å². The van der Waals surface area contributed by atoms with E-state index < -0.39 is 30.1 Å². The number of benzene rings is 1. The van der Waals surface area contributed by atoms with E-state index in [4.69, 9.17) is 4.74 Å². The van der Waals surface area contributed by atoms with Gasteiger partial charge in [0.05, 0.1) is 32.7 Å². The SMILES string of the molecule is COC(=O)C[C@@H](NC(=O)N1CCc2[nH]cnc2[C@H]1c1ccc(Br)cc1)C(=O)OC. The van der Waals surface area contributed by atoms with E-state index >= 15 is 0 Å². The highest BCUT2D eigenvalue weighted by molar-refractivity contribution is 9.10. The van der Waals surface area contributed by atoms with E-state index in [2.05, 4.69) is 36.0 Å². The lowest BCUT2D eigenvalue weighted by molar-refractivity contribution is -0.149. The number of halogens is 1. The number of nitrogens with one attached hydrogen (secondary N) is 2. The summed E-state index contributed by atoms with van der Waals surface area (Å²) in [6, 6.07) is 5.52. The molecule has 3 rings (SSSR count). The van der Waals surface area contributed by atoms with Crippen molar-refractivity contribution in [2.24, 2.45) is 0 Å². The lowest BCUT2D eigenvalue weighted by Gasteiger charge is -2.36. The minimum Gasteiger partial charge on any atom is -0.469 e. The molecule has 0 spiro atoms. The van der Waals surface area contributed by atoms with Crippen molar-refractivity contribution < 1.29 is 23.9 Å². The van der Waals surface area contributed by atoms with Crippen LogP contribution in [0.1, 0.15) is 29.4 Å². The molecule has 0 saturated heterocycles. The molecular formula is C19H21BrN4O5.